The van der Waals surface area contributed by atoms with Gasteiger partial charge in [0.15, 0.2) is 17.8 Å². The number of hydrogen-bond acceptors (Lipinski definition) is 10. The SMILES string of the molecule is COc1ccc(C(=O)NCCCOP(=O)(COC(C)Cn2cnc3c(N)ncnc32)Oc2ccccc2)cc1. The predicted octanol–water partition coefficient (Wildman–Crippen LogP) is 3.89. The van der Waals surface area contributed by atoms with Crippen LogP contribution in [-0.2, 0) is 20.4 Å². The van der Waals surface area contributed by atoms with Crippen molar-refractivity contribution < 1.29 is 27.9 Å². The second-order valence-corrected chi connectivity index (χ2v) is 10.5. The molecular weight excluding hydrogens is 523 g/mol. The highest BCUT2D eigenvalue weighted by atomic mass is 31.2. The Balaban J connectivity index is 1.30. The van der Waals surface area contributed by atoms with Gasteiger partial charge in [0.25, 0.3) is 5.91 Å². The van der Waals surface area contributed by atoms with Gasteiger partial charge in [-0.15, -0.1) is 0 Å². The van der Waals surface area contributed by atoms with Crippen LogP contribution in [0.2, 0.25) is 0 Å². The maximum Gasteiger partial charge on any atom is 0.404 e. The van der Waals surface area contributed by atoms with E-state index < -0.39 is 7.60 Å². The van der Waals surface area contributed by atoms with E-state index in [1.165, 1.54) is 6.33 Å². The number of nitrogen functional groups attached to an aromatic ring is 1. The van der Waals surface area contributed by atoms with Gasteiger partial charge in [0.1, 0.15) is 23.3 Å². The van der Waals surface area contributed by atoms with Crippen LogP contribution in [0.25, 0.3) is 11.2 Å². The highest BCUT2D eigenvalue weighted by molar-refractivity contribution is 7.54. The van der Waals surface area contributed by atoms with Crippen molar-refractivity contribution in [1.82, 2.24) is 24.8 Å². The first kappa shape index (κ1) is 28.0. The van der Waals surface area contributed by atoms with Gasteiger partial charge in [0.05, 0.1) is 32.7 Å². The number of rotatable bonds is 14. The minimum Gasteiger partial charge on any atom is -0.497 e. The van der Waals surface area contributed by atoms with E-state index in [4.69, 9.17) is 24.3 Å². The molecule has 0 saturated heterocycles. The van der Waals surface area contributed by atoms with Gasteiger partial charge in [-0.2, -0.15) is 0 Å². The van der Waals surface area contributed by atoms with Crippen molar-refractivity contribution in [2.24, 2.45) is 0 Å². The maximum absolute atomic E-state index is 13.6. The average Bonchev–Trinajstić information content (AvgIpc) is 3.36. The molecule has 0 fully saturated rings. The summed E-state index contributed by atoms with van der Waals surface area (Å²) in [5.74, 6) is 1.14. The Morgan fingerprint density at radius 2 is 1.85 bits per heavy atom. The third-order valence-corrected chi connectivity index (χ3v) is 7.17. The lowest BCUT2D eigenvalue weighted by Crippen LogP contribution is -2.25. The summed E-state index contributed by atoms with van der Waals surface area (Å²) < 4.78 is 37.8. The second kappa shape index (κ2) is 13.2. The second-order valence-electron chi connectivity index (χ2n) is 8.62. The number of carbonyl (C=O) groups excluding carboxylic acids is 1. The molecule has 1 amide bonds. The van der Waals surface area contributed by atoms with Gasteiger partial charge in [0.2, 0.25) is 0 Å². The van der Waals surface area contributed by atoms with Crippen molar-refractivity contribution in [3.8, 4) is 11.5 Å². The number of carbonyl (C=O) groups is 1. The highest BCUT2D eigenvalue weighted by Crippen LogP contribution is 2.48. The van der Waals surface area contributed by atoms with Crippen LogP contribution in [0.4, 0.5) is 5.82 Å². The summed E-state index contributed by atoms with van der Waals surface area (Å²) in [6, 6.07) is 15.6. The summed E-state index contributed by atoms with van der Waals surface area (Å²) in [4.78, 5) is 24.8. The summed E-state index contributed by atoms with van der Waals surface area (Å²) in [5.41, 5.74) is 7.45. The lowest BCUT2D eigenvalue weighted by Gasteiger charge is -2.22. The minimum atomic E-state index is -3.69. The Hall–Kier alpha value is -3.99. The fourth-order valence-electron chi connectivity index (χ4n) is 3.63. The molecule has 0 saturated carbocycles. The molecule has 4 aromatic rings. The summed E-state index contributed by atoms with van der Waals surface area (Å²) in [6.45, 7) is 2.63. The summed E-state index contributed by atoms with van der Waals surface area (Å²) >= 11 is 0. The van der Waals surface area contributed by atoms with E-state index in [1.807, 2.05) is 13.0 Å². The topological polar surface area (TPSA) is 153 Å². The molecule has 206 valence electrons. The van der Waals surface area contributed by atoms with Crippen molar-refractivity contribution in [3.63, 3.8) is 0 Å². The molecule has 2 aromatic heterocycles. The smallest absolute Gasteiger partial charge is 0.404 e. The molecule has 13 heteroatoms. The molecule has 0 radical (unpaired) electrons. The van der Waals surface area contributed by atoms with Gasteiger partial charge in [-0.3, -0.25) is 9.32 Å². The highest BCUT2D eigenvalue weighted by Gasteiger charge is 2.28. The van der Waals surface area contributed by atoms with Gasteiger partial charge < -0.3 is 29.6 Å². The number of amides is 1. The van der Waals surface area contributed by atoms with Crippen molar-refractivity contribution in [3.05, 3.63) is 72.8 Å². The van der Waals surface area contributed by atoms with E-state index in [9.17, 15) is 9.36 Å². The number of ether oxygens (including phenoxy) is 2. The van der Waals surface area contributed by atoms with Crippen LogP contribution in [0.1, 0.15) is 23.7 Å². The van der Waals surface area contributed by atoms with Crippen molar-refractivity contribution in [2.45, 2.75) is 26.0 Å². The fourth-order valence-corrected chi connectivity index (χ4v) is 5.10. The largest absolute Gasteiger partial charge is 0.497 e. The van der Waals surface area contributed by atoms with E-state index >= 15 is 0 Å². The number of para-hydroxylation sites is 1. The predicted molar refractivity (Wildman–Crippen MR) is 146 cm³/mol. The lowest BCUT2D eigenvalue weighted by molar-refractivity contribution is 0.0726. The van der Waals surface area contributed by atoms with E-state index in [0.717, 1.165) is 0 Å². The summed E-state index contributed by atoms with van der Waals surface area (Å²) in [7, 11) is -2.13. The molecule has 2 unspecified atom stereocenters. The Bertz CT molecular complexity index is 1420. The Morgan fingerprint density at radius 3 is 2.59 bits per heavy atom. The molecule has 4 rings (SSSR count). The fraction of sp³-hybridized carbons (Fsp3) is 0.308. The normalized spacial score (nSPS) is 13.5. The van der Waals surface area contributed by atoms with Gasteiger partial charge in [-0.25, -0.2) is 19.5 Å². The van der Waals surface area contributed by atoms with Crippen molar-refractivity contribution in [1.29, 1.82) is 0 Å². The number of nitrogens with one attached hydrogen (secondary N) is 1. The van der Waals surface area contributed by atoms with E-state index in [1.54, 1.807) is 66.5 Å². The van der Waals surface area contributed by atoms with Crippen LogP contribution in [0.5, 0.6) is 11.5 Å². The summed E-state index contributed by atoms with van der Waals surface area (Å²) in [6.07, 6.45) is 2.74. The van der Waals surface area contributed by atoms with Crippen LogP contribution >= 0.6 is 7.60 Å². The molecule has 3 N–H and O–H groups in total. The maximum atomic E-state index is 13.6. The van der Waals surface area contributed by atoms with Crippen LogP contribution in [0, 0.1) is 0 Å². The van der Waals surface area contributed by atoms with Crippen LogP contribution in [0.3, 0.4) is 0 Å². The van der Waals surface area contributed by atoms with E-state index in [2.05, 4.69) is 20.3 Å². The number of benzene rings is 2. The van der Waals surface area contributed by atoms with Crippen molar-refractivity contribution >= 4 is 30.5 Å². The molecule has 0 aliphatic carbocycles. The number of fused-ring (bicyclic) bond motifs is 1. The summed E-state index contributed by atoms with van der Waals surface area (Å²) in [5, 5.41) is 2.82. The third-order valence-electron chi connectivity index (χ3n) is 5.64. The molecule has 0 aliphatic rings. The molecule has 0 spiro atoms. The molecule has 0 aliphatic heterocycles. The van der Waals surface area contributed by atoms with Gasteiger partial charge in [0, 0.05) is 12.1 Å². The number of anilines is 1. The zero-order chi connectivity index (χ0) is 27.7. The van der Waals surface area contributed by atoms with Crippen LogP contribution in [-0.4, -0.2) is 58.1 Å². The zero-order valence-corrected chi connectivity index (χ0v) is 22.6. The van der Waals surface area contributed by atoms with E-state index in [0.29, 0.717) is 53.6 Å². The molecule has 2 atom stereocenters. The molecule has 0 bridgehead atoms. The molecule has 2 aromatic carbocycles. The average molecular weight is 555 g/mol. The number of nitrogens with two attached hydrogens (primary N) is 1. The van der Waals surface area contributed by atoms with Gasteiger partial charge in [-0.1, -0.05) is 18.2 Å². The number of hydrogen-bond donors (Lipinski definition) is 2. The lowest BCUT2D eigenvalue weighted by atomic mass is 10.2. The molecule has 2 heterocycles. The Labute approximate surface area is 226 Å². The van der Waals surface area contributed by atoms with Gasteiger partial charge in [-0.05, 0) is 49.7 Å². The number of aromatic nitrogens is 4. The van der Waals surface area contributed by atoms with Crippen molar-refractivity contribution in [2.75, 3.05) is 32.3 Å². The van der Waals surface area contributed by atoms with Gasteiger partial charge >= 0.3 is 7.60 Å². The number of nitrogens with zero attached hydrogens (tertiary/aromatic N) is 4. The molecule has 12 nitrogen and oxygen atoms in total. The molecule has 39 heavy (non-hydrogen) atoms. The molecular formula is C26H31N6O6P. The number of imidazole rings is 1. The Morgan fingerprint density at radius 1 is 1.08 bits per heavy atom. The first-order chi connectivity index (χ1) is 18.9. The zero-order valence-electron chi connectivity index (χ0n) is 21.7. The van der Waals surface area contributed by atoms with Crippen LogP contribution in [0.15, 0.2) is 67.3 Å². The third kappa shape index (κ3) is 7.76. The first-order valence-electron chi connectivity index (χ1n) is 12.3. The van der Waals surface area contributed by atoms with E-state index in [-0.39, 0.29) is 25.0 Å². The minimum absolute atomic E-state index is 0.0904. The number of methoxy groups -OCH3 is 1. The monoisotopic (exact) mass is 554 g/mol. The first-order valence-corrected chi connectivity index (χ1v) is 14.0. The standard InChI is InChI=1S/C26H31N6O6P/c1-19(15-32-17-31-23-24(27)29-16-30-25(23)32)36-18-39(34,38-22-7-4-3-5-8-22)37-14-6-13-28-26(33)20-9-11-21(35-2)12-10-20/h3-5,7-12,16-17,19H,6,13-15,18H2,1-2H3,(H,28,33)(H2,27,29,30). The van der Waals surface area contributed by atoms with Crippen LogP contribution < -0.4 is 20.3 Å². The Kier molecular flexibility index (Phi) is 9.48. The quantitative estimate of drug-likeness (QED) is 0.173.